The number of aryl methyl sites for hydroxylation is 1. The van der Waals surface area contributed by atoms with Crippen LogP contribution >= 0.6 is 11.6 Å². The predicted molar refractivity (Wildman–Crippen MR) is 70.4 cm³/mol. The molecule has 0 bridgehead atoms. The number of pyridine rings is 1. The third-order valence-electron chi connectivity index (χ3n) is 2.45. The van der Waals surface area contributed by atoms with E-state index in [9.17, 15) is 10.1 Å². The van der Waals surface area contributed by atoms with Crippen LogP contribution in [-0.2, 0) is 0 Å². The molecule has 0 atom stereocenters. The van der Waals surface area contributed by atoms with Crippen molar-refractivity contribution in [2.45, 2.75) is 6.92 Å². The number of hydrogen-bond acceptors (Lipinski definition) is 4. The SMILES string of the molecule is Cc1cccc(Cl)c1Nc1ncccc1[N+](=O)[O-]. The third-order valence-corrected chi connectivity index (χ3v) is 2.76. The monoisotopic (exact) mass is 263 g/mol. The fraction of sp³-hybridized carbons (Fsp3) is 0.0833. The van der Waals surface area contributed by atoms with Crippen molar-refractivity contribution in [3.8, 4) is 0 Å². The van der Waals surface area contributed by atoms with E-state index in [1.54, 1.807) is 6.07 Å². The number of hydrogen-bond donors (Lipinski definition) is 1. The van der Waals surface area contributed by atoms with E-state index in [1.165, 1.54) is 18.3 Å². The lowest BCUT2D eigenvalue weighted by atomic mass is 10.2. The number of benzene rings is 1. The van der Waals surface area contributed by atoms with Gasteiger partial charge in [-0.05, 0) is 24.6 Å². The molecule has 0 spiro atoms. The first-order chi connectivity index (χ1) is 8.59. The van der Waals surface area contributed by atoms with Crippen LogP contribution in [-0.4, -0.2) is 9.91 Å². The van der Waals surface area contributed by atoms with Gasteiger partial charge in [0.15, 0.2) is 0 Å². The molecule has 0 radical (unpaired) electrons. The number of nitro groups is 1. The summed E-state index contributed by atoms with van der Waals surface area (Å²) in [5.74, 6) is 0.179. The van der Waals surface area contributed by atoms with E-state index in [-0.39, 0.29) is 11.5 Å². The standard InChI is InChI=1S/C12H10ClN3O2/c1-8-4-2-5-9(13)11(8)15-12-10(16(17)18)6-3-7-14-12/h2-7H,1H3,(H,14,15). The van der Waals surface area contributed by atoms with Gasteiger partial charge in [0.2, 0.25) is 5.82 Å². The van der Waals surface area contributed by atoms with Crippen LogP contribution in [0.5, 0.6) is 0 Å². The maximum absolute atomic E-state index is 10.9. The maximum Gasteiger partial charge on any atom is 0.311 e. The molecule has 1 N–H and O–H groups in total. The maximum atomic E-state index is 10.9. The van der Waals surface area contributed by atoms with Gasteiger partial charge in [0.25, 0.3) is 0 Å². The highest BCUT2D eigenvalue weighted by Crippen LogP contribution is 2.31. The summed E-state index contributed by atoms with van der Waals surface area (Å²) in [7, 11) is 0. The summed E-state index contributed by atoms with van der Waals surface area (Å²) in [6.45, 7) is 1.86. The van der Waals surface area contributed by atoms with Crippen LogP contribution in [0, 0.1) is 17.0 Å². The summed E-state index contributed by atoms with van der Waals surface area (Å²) in [6.07, 6.45) is 1.49. The fourth-order valence-corrected chi connectivity index (χ4v) is 1.82. The number of nitrogens with zero attached hydrogens (tertiary/aromatic N) is 2. The van der Waals surface area contributed by atoms with Crippen LogP contribution in [0.2, 0.25) is 5.02 Å². The molecule has 0 aliphatic rings. The van der Waals surface area contributed by atoms with Crippen molar-refractivity contribution in [1.82, 2.24) is 4.98 Å². The number of aromatic nitrogens is 1. The highest BCUT2D eigenvalue weighted by molar-refractivity contribution is 6.33. The average molecular weight is 264 g/mol. The summed E-state index contributed by atoms with van der Waals surface area (Å²) in [5, 5.41) is 14.3. The fourth-order valence-electron chi connectivity index (χ4n) is 1.55. The molecule has 18 heavy (non-hydrogen) atoms. The van der Waals surface area contributed by atoms with Crippen molar-refractivity contribution in [3.05, 3.63) is 57.2 Å². The minimum Gasteiger partial charge on any atom is -0.333 e. The second-order valence-electron chi connectivity index (χ2n) is 3.68. The zero-order chi connectivity index (χ0) is 13.1. The minimum absolute atomic E-state index is 0.0863. The van der Waals surface area contributed by atoms with E-state index in [1.807, 2.05) is 19.1 Å². The Morgan fingerprint density at radius 3 is 2.78 bits per heavy atom. The molecule has 1 aromatic heterocycles. The third kappa shape index (κ3) is 2.41. The second kappa shape index (κ2) is 5.01. The Kier molecular flexibility index (Phi) is 3.43. The number of halogens is 1. The van der Waals surface area contributed by atoms with E-state index in [4.69, 9.17) is 11.6 Å². The lowest BCUT2D eigenvalue weighted by Crippen LogP contribution is -2.00. The van der Waals surface area contributed by atoms with Crippen molar-refractivity contribution in [3.63, 3.8) is 0 Å². The molecular formula is C12H10ClN3O2. The molecule has 0 saturated carbocycles. The van der Waals surface area contributed by atoms with E-state index in [0.717, 1.165) is 5.56 Å². The summed E-state index contributed by atoms with van der Waals surface area (Å²) in [6, 6.07) is 8.30. The highest BCUT2D eigenvalue weighted by atomic mass is 35.5. The topological polar surface area (TPSA) is 68.1 Å². The highest BCUT2D eigenvalue weighted by Gasteiger charge is 2.15. The van der Waals surface area contributed by atoms with Crippen LogP contribution in [0.25, 0.3) is 0 Å². The largest absolute Gasteiger partial charge is 0.333 e. The zero-order valence-electron chi connectivity index (χ0n) is 9.55. The second-order valence-corrected chi connectivity index (χ2v) is 4.09. The van der Waals surface area contributed by atoms with Crippen molar-refractivity contribution in [2.75, 3.05) is 5.32 Å². The number of nitrogens with one attached hydrogen (secondary N) is 1. The molecular weight excluding hydrogens is 254 g/mol. The molecule has 1 heterocycles. The Morgan fingerprint density at radius 1 is 1.33 bits per heavy atom. The van der Waals surface area contributed by atoms with Gasteiger partial charge in [-0.2, -0.15) is 0 Å². The van der Waals surface area contributed by atoms with Gasteiger partial charge in [0.05, 0.1) is 15.6 Å². The molecule has 0 aliphatic heterocycles. The molecule has 0 unspecified atom stereocenters. The van der Waals surface area contributed by atoms with Crippen LogP contribution in [0.1, 0.15) is 5.56 Å². The van der Waals surface area contributed by atoms with Gasteiger partial charge in [-0.25, -0.2) is 4.98 Å². The van der Waals surface area contributed by atoms with Crippen LogP contribution < -0.4 is 5.32 Å². The molecule has 0 aliphatic carbocycles. The molecule has 0 saturated heterocycles. The van der Waals surface area contributed by atoms with E-state index in [0.29, 0.717) is 10.7 Å². The molecule has 6 heteroatoms. The smallest absolute Gasteiger partial charge is 0.311 e. The Balaban J connectivity index is 2.43. The van der Waals surface area contributed by atoms with Crippen molar-refractivity contribution in [2.24, 2.45) is 0 Å². The van der Waals surface area contributed by atoms with Gasteiger partial charge in [0, 0.05) is 12.3 Å². The molecule has 92 valence electrons. The molecule has 0 amide bonds. The summed E-state index contributed by atoms with van der Waals surface area (Å²) in [5.41, 5.74) is 1.43. The molecule has 0 fully saturated rings. The summed E-state index contributed by atoms with van der Waals surface area (Å²) in [4.78, 5) is 14.4. The Morgan fingerprint density at radius 2 is 2.11 bits per heavy atom. The Bertz CT molecular complexity index is 581. The van der Waals surface area contributed by atoms with Gasteiger partial charge >= 0.3 is 5.69 Å². The van der Waals surface area contributed by atoms with Gasteiger partial charge in [0.1, 0.15) is 0 Å². The average Bonchev–Trinajstić information content (AvgIpc) is 2.34. The van der Waals surface area contributed by atoms with Crippen LogP contribution in [0.4, 0.5) is 17.2 Å². The molecule has 2 aromatic rings. The van der Waals surface area contributed by atoms with Gasteiger partial charge in [-0.3, -0.25) is 10.1 Å². The Labute approximate surface area is 109 Å². The predicted octanol–water partition coefficient (Wildman–Crippen LogP) is 3.70. The molecule has 5 nitrogen and oxygen atoms in total. The molecule has 1 aromatic carbocycles. The minimum atomic E-state index is -0.485. The van der Waals surface area contributed by atoms with Crippen LogP contribution in [0.15, 0.2) is 36.5 Å². The van der Waals surface area contributed by atoms with Crippen molar-refractivity contribution in [1.29, 1.82) is 0 Å². The lowest BCUT2D eigenvalue weighted by molar-refractivity contribution is -0.384. The zero-order valence-corrected chi connectivity index (χ0v) is 10.3. The van der Waals surface area contributed by atoms with Crippen molar-refractivity contribution >= 4 is 28.8 Å². The van der Waals surface area contributed by atoms with Gasteiger partial charge in [-0.15, -0.1) is 0 Å². The Hall–Kier alpha value is -2.14. The quantitative estimate of drug-likeness (QED) is 0.677. The summed E-state index contributed by atoms with van der Waals surface area (Å²) >= 11 is 6.05. The first-order valence-electron chi connectivity index (χ1n) is 5.21. The van der Waals surface area contributed by atoms with Crippen molar-refractivity contribution < 1.29 is 4.92 Å². The first-order valence-corrected chi connectivity index (χ1v) is 5.59. The number of anilines is 2. The number of para-hydroxylation sites is 1. The first kappa shape index (κ1) is 12.3. The van der Waals surface area contributed by atoms with E-state index >= 15 is 0 Å². The van der Waals surface area contributed by atoms with Gasteiger partial charge in [-0.1, -0.05) is 23.7 Å². The van der Waals surface area contributed by atoms with Gasteiger partial charge < -0.3 is 5.32 Å². The lowest BCUT2D eigenvalue weighted by Gasteiger charge is -2.10. The summed E-state index contributed by atoms with van der Waals surface area (Å²) < 4.78 is 0. The normalized spacial score (nSPS) is 10.1. The van der Waals surface area contributed by atoms with E-state index < -0.39 is 4.92 Å². The molecule has 2 rings (SSSR count). The van der Waals surface area contributed by atoms with E-state index in [2.05, 4.69) is 10.3 Å². The van der Waals surface area contributed by atoms with Crippen LogP contribution in [0.3, 0.4) is 0 Å². The number of rotatable bonds is 3.